The second kappa shape index (κ2) is 9.29. The van der Waals surface area contributed by atoms with Crippen molar-refractivity contribution in [3.63, 3.8) is 0 Å². The highest BCUT2D eigenvalue weighted by Gasteiger charge is 2.45. The molecule has 5 rings (SSSR count). The normalized spacial score (nSPS) is 23.1. The van der Waals surface area contributed by atoms with E-state index in [-0.39, 0.29) is 12.5 Å². The number of methoxy groups -OCH3 is 1. The van der Waals surface area contributed by atoms with Crippen molar-refractivity contribution in [1.82, 2.24) is 5.32 Å². The van der Waals surface area contributed by atoms with Gasteiger partial charge < -0.3 is 20.1 Å². The first kappa shape index (κ1) is 21.6. The summed E-state index contributed by atoms with van der Waals surface area (Å²) >= 11 is 1.22. The Labute approximate surface area is 191 Å². The largest absolute Gasteiger partial charge is 0.492 e. The maximum Gasteiger partial charge on any atom is 0.343 e. The summed E-state index contributed by atoms with van der Waals surface area (Å²) in [5.74, 6) is 1.52. The summed E-state index contributed by atoms with van der Waals surface area (Å²) in [5.41, 5.74) is 3.08. The van der Waals surface area contributed by atoms with Gasteiger partial charge in [-0.3, -0.25) is 4.18 Å². The Morgan fingerprint density at radius 3 is 3.06 bits per heavy atom. The van der Waals surface area contributed by atoms with Crippen LogP contribution in [0.1, 0.15) is 40.2 Å². The number of hydrogen-bond donors (Lipinski definition) is 2. The number of esters is 1. The van der Waals surface area contributed by atoms with Crippen molar-refractivity contribution in [2.45, 2.75) is 30.1 Å². The van der Waals surface area contributed by atoms with Crippen LogP contribution in [-0.2, 0) is 15.3 Å². The molecule has 0 radical (unpaired) electrons. The maximum atomic E-state index is 13.8. The predicted molar refractivity (Wildman–Crippen MR) is 121 cm³/mol. The predicted octanol–water partition coefficient (Wildman–Crippen LogP) is 4.35. The lowest BCUT2D eigenvalue weighted by molar-refractivity contribution is 0.0596. The molecule has 2 aliphatic heterocycles. The third-order valence-electron chi connectivity index (χ3n) is 6.51. The fraction of sp³-hybridized carbons (Fsp3) is 0.458. The van der Waals surface area contributed by atoms with Gasteiger partial charge in [-0.2, -0.15) is 0 Å². The van der Waals surface area contributed by atoms with E-state index < -0.39 is 5.97 Å². The van der Waals surface area contributed by atoms with Gasteiger partial charge in [0.05, 0.1) is 19.4 Å². The number of carbonyl (C=O) groups is 1. The molecule has 6 nitrogen and oxygen atoms in total. The van der Waals surface area contributed by atoms with Crippen molar-refractivity contribution < 1.29 is 22.8 Å². The summed E-state index contributed by atoms with van der Waals surface area (Å²) < 4.78 is 30.5. The van der Waals surface area contributed by atoms with Gasteiger partial charge in [0.1, 0.15) is 23.9 Å². The molecule has 8 heteroatoms. The first-order valence-electron chi connectivity index (χ1n) is 11.0. The number of benzene rings is 2. The van der Waals surface area contributed by atoms with Crippen molar-refractivity contribution in [1.29, 1.82) is 0 Å². The first-order valence-corrected chi connectivity index (χ1v) is 11.8. The van der Waals surface area contributed by atoms with E-state index in [2.05, 4.69) is 10.6 Å². The van der Waals surface area contributed by atoms with Gasteiger partial charge in [0.2, 0.25) is 0 Å². The van der Waals surface area contributed by atoms with Gasteiger partial charge >= 0.3 is 5.97 Å². The molecule has 1 aliphatic carbocycles. The van der Waals surface area contributed by atoms with Crippen LogP contribution in [0.25, 0.3) is 0 Å². The molecule has 0 spiro atoms. The van der Waals surface area contributed by atoms with Crippen LogP contribution in [0.5, 0.6) is 5.75 Å². The monoisotopic (exact) mass is 458 g/mol. The number of hydrogen-bond acceptors (Lipinski definition) is 7. The minimum Gasteiger partial charge on any atom is -0.492 e. The van der Waals surface area contributed by atoms with Gasteiger partial charge in [-0.25, -0.2) is 9.18 Å². The molecule has 2 fully saturated rings. The SMILES string of the molecule is COC(=O)c1c(NCOSc2ccc(F)cc2C[C@@H]2CCNC2)ccc2c1OC[C@@H]1C[C@H]21. The van der Waals surface area contributed by atoms with Crippen LogP contribution in [-0.4, -0.2) is 39.5 Å². The van der Waals surface area contributed by atoms with E-state index in [1.54, 1.807) is 12.1 Å². The quantitative estimate of drug-likeness (QED) is 0.264. The number of anilines is 1. The average molecular weight is 459 g/mol. The number of rotatable bonds is 8. The Hall–Kier alpha value is -2.29. The Bertz CT molecular complexity index is 1010. The highest BCUT2D eigenvalue weighted by Crippen LogP contribution is 2.55. The van der Waals surface area contributed by atoms with Gasteiger partial charge in [0.15, 0.2) is 0 Å². The molecule has 32 heavy (non-hydrogen) atoms. The van der Waals surface area contributed by atoms with Gasteiger partial charge in [0.25, 0.3) is 0 Å². The van der Waals surface area contributed by atoms with E-state index in [0.29, 0.717) is 41.4 Å². The molecule has 3 aliphatic rings. The second-order valence-corrected chi connectivity index (χ2v) is 9.49. The molecule has 3 atom stereocenters. The van der Waals surface area contributed by atoms with Crippen molar-refractivity contribution in [3.8, 4) is 5.75 Å². The Morgan fingerprint density at radius 2 is 2.25 bits per heavy atom. The van der Waals surface area contributed by atoms with Gasteiger partial charge in [-0.1, -0.05) is 6.07 Å². The third-order valence-corrected chi connectivity index (χ3v) is 7.32. The second-order valence-electron chi connectivity index (χ2n) is 8.65. The summed E-state index contributed by atoms with van der Waals surface area (Å²) in [6, 6.07) is 8.72. The molecule has 0 aromatic heterocycles. The van der Waals surface area contributed by atoms with Crippen molar-refractivity contribution in [3.05, 3.63) is 52.8 Å². The maximum absolute atomic E-state index is 13.8. The fourth-order valence-corrected chi connectivity index (χ4v) is 5.31. The van der Waals surface area contributed by atoms with Crippen LogP contribution < -0.4 is 15.4 Å². The van der Waals surface area contributed by atoms with E-state index >= 15 is 0 Å². The molecule has 1 saturated carbocycles. The number of ether oxygens (including phenoxy) is 2. The number of halogens is 1. The lowest BCUT2D eigenvalue weighted by atomic mass is 9.98. The summed E-state index contributed by atoms with van der Waals surface area (Å²) in [4.78, 5) is 13.4. The van der Waals surface area contributed by atoms with E-state index in [4.69, 9.17) is 13.7 Å². The zero-order valence-corrected chi connectivity index (χ0v) is 18.8. The molecule has 1 saturated heterocycles. The molecule has 2 heterocycles. The van der Waals surface area contributed by atoms with Gasteiger partial charge in [-0.05, 0) is 79.6 Å². The molecule has 170 valence electrons. The van der Waals surface area contributed by atoms with Crippen LogP contribution in [0, 0.1) is 17.7 Å². The summed E-state index contributed by atoms with van der Waals surface area (Å²) in [6.45, 7) is 2.78. The Morgan fingerprint density at radius 1 is 1.34 bits per heavy atom. The Balaban J connectivity index is 1.25. The zero-order valence-electron chi connectivity index (χ0n) is 18.0. The standard InChI is InChI=1S/C24H27FN2O4S/c1-29-24(28)22-20(4-3-18-19-10-16(19)12-30-23(18)22)27-13-31-32-21-5-2-17(25)9-15(21)8-14-6-7-26-11-14/h2-5,9,14,16,19,26-27H,6-8,10-13H2,1H3/t14-,16-,19-/m0/s1. The fourth-order valence-electron chi connectivity index (χ4n) is 4.69. The van der Waals surface area contributed by atoms with E-state index in [9.17, 15) is 9.18 Å². The van der Waals surface area contributed by atoms with E-state index in [1.165, 1.54) is 25.2 Å². The third kappa shape index (κ3) is 4.44. The molecule has 2 aromatic rings. The first-order chi connectivity index (χ1) is 15.6. The van der Waals surface area contributed by atoms with Crippen molar-refractivity contribution in [2.75, 3.05) is 38.9 Å². The molecule has 0 bridgehead atoms. The topological polar surface area (TPSA) is 68.8 Å². The van der Waals surface area contributed by atoms with Gasteiger partial charge in [0, 0.05) is 22.9 Å². The van der Waals surface area contributed by atoms with E-state index in [1.807, 2.05) is 12.1 Å². The number of carbonyl (C=O) groups excluding carboxylic acids is 1. The average Bonchev–Trinajstić information content (AvgIpc) is 3.43. The lowest BCUT2D eigenvalue weighted by Gasteiger charge is -2.22. The highest BCUT2D eigenvalue weighted by molar-refractivity contribution is 7.94. The van der Waals surface area contributed by atoms with Crippen LogP contribution in [0.2, 0.25) is 0 Å². The molecule has 0 amide bonds. The minimum atomic E-state index is -0.429. The van der Waals surface area contributed by atoms with Crippen LogP contribution in [0.4, 0.5) is 10.1 Å². The van der Waals surface area contributed by atoms with Crippen LogP contribution >= 0.6 is 12.0 Å². The Kier molecular flexibility index (Phi) is 6.26. The molecule has 2 N–H and O–H groups in total. The minimum absolute atomic E-state index is 0.168. The zero-order chi connectivity index (χ0) is 22.1. The molecule has 0 unspecified atom stereocenters. The van der Waals surface area contributed by atoms with Crippen molar-refractivity contribution in [2.24, 2.45) is 11.8 Å². The highest BCUT2D eigenvalue weighted by atomic mass is 32.2. The lowest BCUT2D eigenvalue weighted by Crippen LogP contribution is -2.16. The van der Waals surface area contributed by atoms with E-state index in [0.717, 1.165) is 48.4 Å². The van der Waals surface area contributed by atoms with Crippen molar-refractivity contribution >= 4 is 23.7 Å². The molecule has 2 aromatic carbocycles. The smallest absolute Gasteiger partial charge is 0.343 e. The summed E-state index contributed by atoms with van der Waals surface area (Å²) in [5, 5.41) is 6.53. The number of fused-ring (bicyclic) bond motifs is 3. The van der Waals surface area contributed by atoms with Crippen LogP contribution in [0.3, 0.4) is 0 Å². The van der Waals surface area contributed by atoms with Crippen LogP contribution in [0.15, 0.2) is 35.2 Å². The van der Waals surface area contributed by atoms with Gasteiger partial charge in [-0.15, -0.1) is 0 Å². The molecular formula is C24H27FN2O4S. The summed E-state index contributed by atoms with van der Waals surface area (Å²) in [7, 11) is 1.37. The number of nitrogens with one attached hydrogen (secondary N) is 2. The summed E-state index contributed by atoms with van der Waals surface area (Å²) in [6.07, 6.45) is 3.03. The molecular weight excluding hydrogens is 431 g/mol.